The van der Waals surface area contributed by atoms with E-state index < -0.39 is 0 Å². The first-order valence-electron chi connectivity index (χ1n) is 8.08. The monoisotopic (exact) mass is 346 g/mol. The number of aryl methyl sites for hydroxylation is 1. The molecule has 1 atom stereocenters. The molecule has 1 aliphatic rings. The maximum Gasteiger partial charge on any atom is 0.222 e. The van der Waals surface area contributed by atoms with Gasteiger partial charge in [0.1, 0.15) is 5.82 Å². The largest absolute Gasteiger partial charge is 0.365 e. The zero-order valence-corrected chi connectivity index (χ0v) is 15.3. The van der Waals surface area contributed by atoms with Gasteiger partial charge in [-0.3, -0.25) is 4.79 Å². The van der Waals surface area contributed by atoms with Crippen molar-refractivity contribution in [2.24, 2.45) is 7.05 Å². The molecule has 1 aliphatic heterocycles. The lowest BCUT2D eigenvalue weighted by molar-refractivity contribution is -0.129. The van der Waals surface area contributed by atoms with Crippen LogP contribution in [-0.2, 0) is 18.4 Å². The molecule has 3 rings (SSSR count). The molecule has 1 unspecified atom stereocenters. The van der Waals surface area contributed by atoms with Gasteiger partial charge in [0.05, 0.1) is 18.4 Å². The Labute approximate surface area is 147 Å². The Kier molecular flexibility index (Phi) is 4.54. The average molecular weight is 347 g/mol. The summed E-state index contributed by atoms with van der Waals surface area (Å²) in [5.74, 6) is 1.31. The molecule has 0 fully saturated rings. The molecule has 24 heavy (non-hydrogen) atoms. The lowest BCUT2D eigenvalue weighted by atomic mass is 9.97. The predicted molar refractivity (Wildman–Crippen MR) is 96.5 cm³/mol. The molecule has 1 amide bonds. The normalized spacial score (nSPS) is 16.4. The van der Waals surface area contributed by atoms with Gasteiger partial charge in [-0.15, -0.1) is 0 Å². The molecule has 1 aromatic carbocycles. The second-order valence-electron chi connectivity index (χ2n) is 6.63. The van der Waals surface area contributed by atoms with Gasteiger partial charge in [-0.05, 0) is 30.7 Å². The zero-order chi connectivity index (χ0) is 17.4. The lowest BCUT2D eigenvalue weighted by Crippen LogP contribution is -2.27. The SMILES string of the molecule is Cc1ncc(CN2CC(CC(=O)N(C)C)c3cc(Cl)ccc32)n1C. The van der Waals surface area contributed by atoms with Crippen LogP contribution in [0, 0.1) is 6.92 Å². The zero-order valence-electron chi connectivity index (χ0n) is 14.6. The quantitative estimate of drug-likeness (QED) is 0.854. The molecular formula is C18H23ClN4O. The van der Waals surface area contributed by atoms with Crippen LogP contribution in [0.4, 0.5) is 5.69 Å². The van der Waals surface area contributed by atoms with Crippen LogP contribution >= 0.6 is 11.6 Å². The molecule has 0 radical (unpaired) electrons. The third-order valence-electron chi connectivity index (χ3n) is 4.80. The third-order valence-corrected chi connectivity index (χ3v) is 5.04. The highest BCUT2D eigenvalue weighted by Crippen LogP contribution is 2.40. The second kappa shape index (κ2) is 6.48. The van der Waals surface area contributed by atoms with Crippen molar-refractivity contribution < 1.29 is 4.79 Å². The van der Waals surface area contributed by atoms with Gasteiger partial charge < -0.3 is 14.4 Å². The van der Waals surface area contributed by atoms with Crippen molar-refractivity contribution in [3.63, 3.8) is 0 Å². The van der Waals surface area contributed by atoms with E-state index in [4.69, 9.17) is 11.6 Å². The van der Waals surface area contributed by atoms with Crippen molar-refractivity contribution in [1.29, 1.82) is 0 Å². The van der Waals surface area contributed by atoms with E-state index in [0.717, 1.165) is 35.9 Å². The number of hydrogen-bond acceptors (Lipinski definition) is 3. The highest BCUT2D eigenvalue weighted by atomic mass is 35.5. The standard InChI is InChI=1S/C18H23ClN4O/c1-12-20-9-15(22(12)4)11-23-10-13(7-18(24)21(2)3)16-8-14(19)5-6-17(16)23/h5-6,8-9,13H,7,10-11H2,1-4H3. The Hall–Kier alpha value is -2.01. The van der Waals surface area contributed by atoms with Gasteiger partial charge >= 0.3 is 0 Å². The molecule has 0 bridgehead atoms. The molecule has 0 saturated heterocycles. The molecule has 5 nitrogen and oxygen atoms in total. The number of benzene rings is 1. The van der Waals surface area contributed by atoms with Gasteiger partial charge in [0, 0.05) is 50.7 Å². The van der Waals surface area contributed by atoms with Crippen LogP contribution < -0.4 is 4.90 Å². The number of carbonyl (C=O) groups excluding carboxylic acids is 1. The highest BCUT2D eigenvalue weighted by Gasteiger charge is 2.31. The number of nitrogens with zero attached hydrogens (tertiary/aromatic N) is 4. The van der Waals surface area contributed by atoms with Crippen molar-refractivity contribution in [1.82, 2.24) is 14.5 Å². The Morgan fingerprint density at radius 1 is 1.42 bits per heavy atom. The maximum atomic E-state index is 12.2. The Morgan fingerprint density at radius 3 is 2.79 bits per heavy atom. The first-order valence-corrected chi connectivity index (χ1v) is 8.46. The van der Waals surface area contributed by atoms with Crippen molar-refractivity contribution >= 4 is 23.2 Å². The third kappa shape index (κ3) is 3.13. The van der Waals surface area contributed by atoms with Crippen molar-refractivity contribution in [3.8, 4) is 0 Å². The number of carbonyl (C=O) groups is 1. The number of anilines is 1. The van der Waals surface area contributed by atoms with Crippen LogP contribution in [0.15, 0.2) is 24.4 Å². The summed E-state index contributed by atoms with van der Waals surface area (Å²) in [7, 11) is 5.63. The van der Waals surface area contributed by atoms with E-state index in [0.29, 0.717) is 11.4 Å². The van der Waals surface area contributed by atoms with E-state index in [1.807, 2.05) is 32.3 Å². The van der Waals surface area contributed by atoms with Gasteiger partial charge in [-0.2, -0.15) is 0 Å². The van der Waals surface area contributed by atoms with E-state index in [-0.39, 0.29) is 11.8 Å². The highest BCUT2D eigenvalue weighted by molar-refractivity contribution is 6.30. The van der Waals surface area contributed by atoms with Crippen LogP contribution in [0.2, 0.25) is 5.02 Å². The summed E-state index contributed by atoms with van der Waals surface area (Å²) in [5, 5.41) is 0.717. The molecule has 2 aromatic rings. The summed E-state index contributed by atoms with van der Waals surface area (Å²) in [4.78, 5) is 20.5. The first kappa shape index (κ1) is 16.8. The molecule has 0 N–H and O–H groups in total. The number of amides is 1. The topological polar surface area (TPSA) is 41.4 Å². The van der Waals surface area contributed by atoms with Crippen LogP contribution in [0.3, 0.4) is 0 Å². The first-order chi connectivity index (χ1) is 11.4. The lowest BCUT2D eigenvalue weighted by Gasteiger charge is -2.20. The molecule has 0 spiro atoms. The van der Waals surface area contributed by atoms with Crippen LogP contribution in [0.5, 0.6) is 0 Å². The minimum absolute atomic E-state index is 0.143. The van der Waals surface area contributed by atoms with Gasteiger partial charge in [0.15, 0.2) is 0 Å². The van der Waals surface area contributed by atoms with Gasteiger partial charge in [0.25, 0.3) is 0 Å². The van der Waals surface area contributed by atoms with E-state index in [1.165, 1.54) is 0 Å². The Morgan fingerprint density at radius 2 is 2.17 bits per heavy atom. The van der Waals surface area contributed by atoms with Crippen LogP contribution in [-0.4, -0.2) is 41.0 Å². The van der Waals surface area contributed by atoms with Gasteiger partial charge in [-0.1, -0.05) is 11.6 Å². The van der Waals surface area contributed by atoms with E-state index in [9.17, 15) is 4.79 Å². The van der Waals surface area contributed by atoms with Gasteiger partial charge in [0.2, 0.25) is 5.91 Å². The second-order valence-corrected chi connectivity index (χ2v) is 7.07. The van der Waals surface area contributed by atoms with E-state index in [2.05, 4.69) is 20.5 Å². The molecular weight excluding hydrogens is 324 g/mol. The minimum atomic E-state index is 0.143. The summed E-state index contributed by atoms with van der Waals surface area (Å²) in [6.07, 6.45) is 2.42. The summed E-state index contributed by atoms with van der Waals surface area (Å²) in [6.45, 7) is 3.60. The van der Waals surface area contributed by atoms with Crippen molar-refractivity contribution in [2.75, 3.05) is 25.5 Å². The Bertz CT molecular complexity index is 768. The minimum Gasteiger partial charge on any atom is -0.365 e. The van der Waals surface area contributed by atoms with E-state index >= 15 is 0 Å². The number of hydrogen-bond donors (Lipinski definition) is 0. The number of rotatable bonds is 4. The number of halogens is 1. The fraction of sp³-hybridized carbons (Fsp3) is 0.444. The van der Waals surface area contributed by atoms with Gasteiger partial charge in [-0.25, -0.2) is 4.98 Å². The molecule has 2 heterocycles. The fourth-order valence-corrected chi connectivity index (χ4v) is 3.39. The maximum absolute atomic E-state index is 12.2. The molecule has 0 aliphatic carbocycles. The summed E-state index contributed by atoms with van der Waals surface area (Å²) in [6, 6.07) is 5.97. The average Bonchev–Trinajstić information content (AvgIpc) is 3.02. The fourth-order valence-electron chi connectivity index (χ4n) is 3.21. The number of aromatic nitrogens is 2. The van der Waals surface area contributed by atoms with Crippen LogP contribution in [0.1, 0.15) is 29.4 Å². The molecule has 1 aromatic heterocycles. The molecule has 128 valence electrons. The molecule has 6 heteroatoms. The summed E-state index contributed by atoms with van der Waals surface area (Å²) >= 11 is 6.20. The smallest absolute Gasteiger partial charge is 0.222 e. The van der Waals surface area contributed by atoms with Crippen LogP contribution in [0.25, 0.3) is 0 Å². The predicted octanol–water partition coefficient (Wildman–Crippen LogP) is 2.96. The van der Waals surface area contributed by atoms with Crippen molar-refractivity contribution in [2.45, 2.75) is 25.8 Å². The number of fused-ring (bicyclic) bond motifs is 1. The van der Waals surface area contributed by atoms with Crippen molar-refractivity contribution in [3.05, 3.63) is 46.5 Å². The summed E-state index contributed by atoms with van der Waals surface area (Å²) in [5.41, 5.74) is 3.49. The Balaban J connectivity index is 1.87. The molecule has 0 saturated carbocycles. The van der Waals surface area contributed by atoms with E-state index in [1.54, 1.807) is 19.0 Å². The summed E-state index contributed by atoms with van der Waals surface area (Å²) < 4.78 is 2.11. The number of imidazole rings is 1.